The van der Waals surface area contributed by atoms with E-state index in [0.29, 0.717) is 15.8 Å². The molecular weight excluding hydrogens is 382 g/mol. The summed E-state index contributed by atoms with van der Waals surface area (Å²) < 4.78 is 0. The number of hydrogen-bond acceptors (Lipinski definition) is 4. The summed E-state index contributed by atoms with van der Waals surface area (Å²) in [6.45, 7) is 1.89. The van der Waals surface area contributed by atoms with E-state index in [2.05, 4.69) is 10.3 Å². The Hall–Kier alpha value is -2.31. The van der Waals surface area contributed by atoms with Gasteiger partial charge in [0.2, 0.25) is 5.91 Å². The highest BCUT2D eigenvalue weighted by Crippen LogP contribution is 2.30. The summed E-state index contributed by atoms with van der Waals surface area (Å²) in [5.41, 5.74) is 3.51. The fourth-order valence-electron chi connectivity index (χ4n) is 2.60. The van der Waals surface area contributed by atoms with Crippen LogP contribution in [0.2, 0.25) is 5.02 Å². The molecule has 0 aliphatic carbocycles. The number of nitrogens with zero attached hydrogens (tertiary/aromatic N) is 2. The van der Waals surface area contributed by atoms with Gasteiger partial charge in [-0.25, -0.2) is 4.99 Å². The lowest BCUT2D eigenvalue weighted by molar-refractivity contribution is -0.121. The zero-order valence-corrected chi connectivity index (χ0v) is 16.9. The number of thioether (sulfide) groups is 1. The molecule has 5 nitrogen and oxygen atoms in total. The number of halogens is 1. The van der Waals surface area contributed by atoms with Crippen molar-refractivity contribution in [2.45, 2.75) is 18.6 Å². The first-order chi connectivity index (χ1) is 12.8. The largest absolute Gasteiger partial charge is 0.378 e. The topological polar surface area (TPSA) is 61.8 Å². The molecule has 0 saturated heterocycles. The standard InChI is InChI=1S/C20H20ClN3O2S/c1-12-4-7-14(10-16(12)21)22-18(25)11-17-19(26)23-20(27-17)13-5-8-15(9-6-13)24(2)3/h4-10,17H,11H2,1-3H3,(H,22,25)/t17-/m1/s1. The Morgan fingerprint density at radius 1 is 1.22 bits per heavy atom. The summed E-state index contributed by atoms with van der Waals surface area (Å²) >= 11 is 7.41. The number of amides is 2. The summed E-state index contributed by atoms with van der Waals surface area (Å²) in [6, 6.07) is 13.2. The van der Waals surface area contributed by atoms with Crippen molar-refractivity contribution in [2.24, 2.45) is 4.99 Å². The van der Waals surface area contributed by atoms with Crippen molar-refractivity contribution in [1.82, 2.24) is 0 Å². The van der Waals surface area contributed by atoms with Gasteiger partial charge in [0.05, 0.1) is 0 Å². The van der Waals surface area contributed by atoms with Gasteiger partial charge in [-0.3, -0.25) is 9.59 Å². The van der Waals surface area contributed by atoms with Gasteiger partial charge in [-0.05, 0) is 36.8 Å². The van der Waals surface area contributed by atoms with Crippen LogP contribution in [0.15, 0.2) is 47.5 Å². The lowest BCUT2D eigenvalue weighted by Crippen LogP contribution is -2.21. The van der Waals surface area contributed by atoms with Crippen molar-refractivity contribution in [3.8, 4) is 0 Å². The Morgan fingerprint density at radius 3 is 2.56 bits per heavy atom. The number of nitrogens with one attached hydrogen (secondary N) is 1. The number of carbonyl (C=O) groups is 2. The van der Waals surface area contributed by atoms with Crippen LogP contribution in [0, 0.1) is 6.92 Å². The van der Waals surface area contributed by atoms with Gasteiger partial charge in [0.15, 0.2) is 0 Å². The van der Waals surface area contributed by atoms with Crippen LogP contribution in [-0.4, -0.2) is 36.2 Å². The third-order valence-corrected chi connectivity index (χ3v) is 5.81. The van der Waals surface area contributed by atoms with Crippen LogP contribution >= 0.6 is 23.4 Å². The predicted octanol–water partition coefficient (Wildman–Crippen LogP) is 4.13. The second kappa shape index (κ2) is 8.15. The van der Waals surface area contributed by atoms with Gasteiger partial charge in [0, 0.05) is 42.5 Å². The zero-order valence-electron chi connectivity index (χ0n) is 15.3. The summed E-state index contributed by atoms with van der Waals surface area (Å²) in [5, 5.41) is 3.52. The average Bonchev–Trinajstić information content (AvgIpc) is 2.99. The average molecular weight is 402 g/mol. The minimum Gasteiger partial charge on any atom is -0.378 e. The maximum atomic E-state index is 12.3. The Kier molecular flexibility index (Phi) is 5.87. The Morgan fingerprint density at radius 2 is 1.93 bits per heavy atom. The molecule has 0 unspecified atom stereocenters. The van der Waals surface area contributed by atoms with Crippen LogP contribution in [0.25, 0.3) is 0 Å². The molecule has 2 amide bonds. The first-order valence-electron chi connectivity index (χ1n) is 8.46. The van der Waals surface area contributed by atoms with E-state index in [9.17, 15) is 9.59 Å². The van der Waals surface area contributed by atoms with Gasteiger partial charge >= 0.3 is 0 Å². The lowest BCUT2D eigenvalue weighted by atomic mass is 10.2. The third-order valence-electron chi connectivity index (χ3n) is 4.20. The molecule has 0 aromatic heterocycles. The summed E-state index contributed by atoms with van der Waals surface area (Å²) in [7, 11) is 3.94. The normalized spacial score (nSPS) is 16.2. The second-order valence-electron chi connectivity index (χ2n) is 6.52. The fourth-order valence-corrected chi connectivity index (χ4v) is 3.85. The molecule has 1 aliphatic heterocycles. The summed E-state index contributed by atoms with van der Waals surface area (Å²) in [5.74, 6) is -0.510. The lowest BCUT2D eigenvalue weighted by Gasteiger charge is -2.12. The molecule has 140 valence electrons. The quantitative estimate of drug-likeness (QED) is 0.818. The van der Waals surface area contributed by atoms with Gasteiger partial charge in [0.25, 0.3) is 5.91 Å². The summed E-state index contributed by atoms with van der Waals surface area (Å²) in [4.78, 5) is 30.6. The van der Waals surface area contributed by atoms with Crippen molar-refractivity contribution in [1.29, 1.82) is 0 Å². The highest BCUT2D eigenvalue weighted by Gasteiger charge is 2.31. The number of anilines is 2. The van der Waals surface area contributed by atoms with Gasteiger partial charge in [-0.1, -0.05) is 41.6 Å². The Bertz CT molecular complexity index is 910. The first-order valence-corrected chi connectivity index (χ1v) is 9.72. The SMILES string of the molecule is Cc1ccc(NC(=O)C[C@H]2SC(c3ccc(N(C)C)cc3)=NC2=O)cc1Cl. The van der Waals surface area contributed by atoms with Crippen molar-refractivity contribution in [3.05, 3.63) is 58.6 Å². The van der Waals surface area contributed by atoms with Crippen LogP contribution in [0.5, 0.6) is 0 Å². The van der Waals surface area contributed by atoms with Gasteiger partial charge < -0.3 is 10.2 Å². The monoisotopic (exact) mass is 401 g/mol. The van der Waals surface area contributed by atoms with Crippen molar-refractivity contribution in [2.75, 3.05) is 24.3 Å². The second-order valence-corrected chi connectivity index (χ2v) is 8.12. The van der Waals surface area contributed by atoms with E-state index in [1.165, 1.54) is 11.8 Å². The molecule has 27 heavy (non-hydrogen) atoms. The molecule has 0 saturated carbocycles. The number of hydrogen-bond donors (Lipinski definition) is 1. The molecule has 1 atom stereocenters. The molecule has 0 spiro atoms. The molecule has 7 heteroatoms. The molecular formula is C20H20ClN3O2S. The molecule has 3 rings (SSSR count). The van der Waals surface area contributed by atoms with Crippen molar-refractivity contribution in [3.63, 3.8) is 0 Å². The van der Waals surface area contributed by atoms with Gasteiger partial charge in [0.1, 0.15) is 10.3 Å². The van der Waals surface area contributed by atoms with Crippen LogP contribution in [-0.2, 0) is 9.59 Å². The number of aliphatic imine (C=N–C) groups is 1. The zero-order chi connectivity index (χ0) is 19.6. The molecule has 0 fully saturated rings. The van der Waals surface area contributed by atoms with E-state index >= 15 is 0 Å². The smallest absolute Gasteiger partial charge is 0.260 e. The number of rotatable bonds is 5. The van der Waals surface area contributed by atoms with Crippen molar-refractivity contribution >= 4 is 51.6 Å². The maximum absolute atomic E-state index is 12.3. The first kappa shape index (κ1) is 19.5. The van der Waals surface area contributed by atoms with E-state index in [4.69, 9.17) is 11.6 Å². The Labute approximate surface area is 167 Å². The van der Waals surface area contributed by atoms with Crippen LogP contribution in [0.1, 0.15) is 17.5 Å². The fraction of sp³-hybridized carbons (Fsp3) is 0.250. The van der Waals surface area contributed by atoms with Crippen LogP contribution in [0.4, 0.5) is 11.4 Å². The minimum absolute atomic E-state index is 0.0672. The van der Waals surface area contributed by atoms with Crippen LogP contribution in [0.3, 0.4) is 0 Å². The summed E-state index contributed by atoms with van der Waals surface area (Å²) in [6.07, 6.45) is 0.0672. The minimum atomic E-state index is -0.505. The third kappa shape index (κ3) is 4.70. The Balaban J connectivity index is 1.61. The predicted molar refractivity (Wildman–Crippen MR) is 113 cm³/mol. The van der Waals surface area contributed by atoms with E-state index in [1.54, 1.807) is 12.1 Å². The number of aryl methyl sites for hydroxylation is 1. The number of carbonyl (C=O) groups excluding carboxylic acids is 2. The van der Waals surface area contributed by atoms with Crippen LogP contribution < -0.4 is 10.2 Å². The van der Waals surface area contributed by atoms with Gasteiger partial charge in [-0.15, -0.1) is 0 Å². The van der Waals surface area contributed by atoms with E-state index in [1.807, 2.05) is 56.3 Å². The molecule has 2 aromatic carbocycles. The van der Waals surface area contributed by atoms with Gasteiger partial charge in [-0.2, -0.15) is 0 Å². The van der Waals surface area contributed by atoms with Crippen molar-refractivity contribution < 1.29 is 9.59 Å². The molecule has 0 bridgehead atoms. The molecule has 0 radical (unpaired) electrons. The molecule has 2 aromatic rings. The number of benzene rings is 2. The maximum Gasteiger partial charge on any atom is 0.260 e. The van der Waals surface area contributed by atoms with E-state index < -0.39 is 5.25 Å². The molecule has 1 aliphatic rings. The van der Waals surface area contributed by atoms with E-state index in [-0.39, 0.29) is 18.2 Å². The van der Waals surface area contributed by atoms with E-state index in [0.717, 1.165) is 16.8 Å². The highest BCUT2D eigenvalue weighted by molar-refractivity contribution is 8.16. The highest BCUT2D eigenvalue weighted by atomic mass is 35.5. The molecule has 1 N–H and O–H groups in total. The molecule has 1 heterocycles.